The molecule has 8 nitrogen and oxygen atoms in total. The van der Waals surface area contributed by atoms with Crippen LogP contribution in [0.25, 0.3) is 11.4 Å². The van der Waals surface area contributed by atoms with Crippen LogP contribution in [0, 0.1) is 0 Å². The largest absolute Gasteiger partial charge is 0.447 e. The summed E-state index contributed by atoms with van der Waals surface area (Å²) in [6.45, 7) is -0.241. The van der Waals surface area contributed by atoms with Gasteiger partial charge in [-0.05, 0) is 35.4 Å². The molecule has 0 saturated heterocycles. The predicted molar refractivity (Wildman–Crippen MR) is 73.6 cm³/mol. The zero-order valence-electron chi connectivity index (χ0n) is 11.3. The molecule has 0 aliphatic heterocycles. The van der Waals surface area contributed by atoms with Crippen molar-refractivity contribution in [2.75, 3.05) is 18.5 Å². The number of amides is 1. The number of carbonyl (C=O) groups excluding carboxylic acids is 1. The second kappa shape index (κ2) is 5.88. The molecule has 1 aromatic carbocycles. The highest BCUT2D eigenvalue weighted by atomic mass is 16.6. The summed E-state index contributed by atoms with van der Waals surface area (Å²) in [6, 6.07) is 7.60. The molecule has 2 aromatic rings. The molecule has 1 aromatic heterocycles. The summed E-state index contributed by atoms with van der Waals surface area (Å²) in [6.07, 6.45) is 1.57. The lowest BCUT2D eigenvalue weighted by Gasteiger charge is -2.07. The molecular weight excluding hydrogens is 274 g/mol. The summed E-state index contributed by atoms with van der Waals surface area (Å²) in [5.74, 6) is 0.685. The maximum absolute atomic E-state index is 11.5. The maximum Gasteiger partial charge on any atom is 0.411 e. The van der Waals surface area contributed by atoms with Crippen LogP contribution in [0.1, 0.15) is 18.9 Å². The Morgan fingerprint density at radius 3 is 3.10 bits per heavy atom. The van der Waals surface area contributed by atoms with Crippen molar-refractivity contribution in [3.8, 4) is 11.4 Å². The van der Waals surface area contributed by atoms with Crippen LogP contribution >= 0.6 is 0 Å². The van der Waals surface area contributed by atoms with E-state index in [0.717, 1.165) is 18.4 Å². The molecule has 21 heavy (non-hydrogen) atoms. The number of anilines is 1. The van der Waals surface area contributed by atoms with Crippen LogP contribution in [0.5, 0.6) is 0 Å². The van der Waals surface area contributed by atoms with E-state index in [0.29, 0.717) is 17.6 Å². The number of nitrogens with one attached hydrogen (secondary N) is 1. The van der Waals surface area contributed by atoms with Crippen LogP contribution < -0.4 is 5.32 Å². The van der Waals surface area contributed by atoms with E-state index in [1.54, 1.807) is 12.1 Å². The van der Waals surface area contributed by atoms with Gasteiger partial charge in [0.1, 0.15) is 6.61 Å². The Labute approximate surface area is 120 Å². The molecule has 1 saturated carbocycles. The van der Waals surface area contributed by atoms with Gasteiger partial charge in [-0.1, -0.05) is 12.1 Å². The molecule has 0 unspecified atom stereocenters. The van der Waals surface area contributed by atoms with Crippen molar-refractivity contribution in [2.45, 2.75) is 18.9 Å². The van der Waals surface area contributed by atoms with Crippen molar-refractivity contribution in [1.29, 1.82) is 0 Å². The number of benzene rings is 1. The van der Waals surface area contributed by atoms with Gasteiger partial charge in [0.15, 0.2) is 5.82 Å². The number of aliphatic hydroxyl groups is 1. The third kappa shape index (κ3) is 3.16. The lowest BCUT2D eigenvalue weighted by Crippen LogP contribution is -2.15. The third-order valence-electron chi connectivity index (χ3n) is 3.08. The number of hydrogen-bond acceptors (Lipinski definition) is 6. The monoisotopic (exact) mass is 289 g/mol. The first-order valence-electron chi connectivity index (χ1n) is 6.71. The summed E-state index contributed by atoms with van der Waals surface area (Å²) < 4.78 is 6.56. The van der Waals surface area contributed by atoms with Gasteiger partial charge < -0.3 is 9.84 Å². The number of hydrogen-bond donors (Lipinski definition) is 2. The number of ether oxygens (including phenoxy) is 1. The minimum atomic E-state index is -0.608. The number of aliphatic hydroxyl groups excluding tert-OH is 1. The van der Waals surface area contributed by atoms with E-state index in [1.165, 1.54) is 0 Å². The van der Waals surface area contributed by atoms with Crippen LogP contribution in [0.15, 0.2) is 24.3 Å². The quantitative estimate of drug-likeness (QED) is 0.858. The van der Waals surface area contributed by atoms with E-state index in [-0.39, 0.29) is 13.2 Å². The SMILES string of the molecule is O=C(Nc1cccc(-c2nnnn2C2CC2)c1)OCCO. The topological polar surface area (TPSA) is 102 Å². The van der Waals surface area contributed by atoms with Crippen LogP contribution in [-0.2, 0) is 4.74 Å². The summed E-state index contributed by atoms with van der Waals surface area (Å²) in [5.41, 5.74) is 1.41. The van der Waals surface area contributed by atoms with Gasteiger partial charge >= 0.3 is 6.09 Å². The molecule has 0 spiro atoms. The molecule has 1 aliphatic carbocycles. The summed E-state index contributed by atoms with van der Waals surface area (Å²) in [4.78, 5) is 11.5. The lowest BCUT2D eigenvalue weighted by atomic mass is 10.2. The minimum absolute atomic E-state index is 0.0363. The molecule has 0 radical (unpaired) electrons. The molecule has 1 amide bonds. The Balaban J connectivity index is 1.76. The van der Waals surface area contributed by atoms with Crippen molar-refractivity contribution in [1.82, 2.24) is 20.2 Å². The van der Waals surface area contributed by atoms with Gasteiger partial charge in [-0.15, -0.1) is 5.10 Å². The average Bonchev–Trinajstić information content (AvgIpc) is 3.22. The van der Waals surface area contributed by atoms with Crippen LogP contribution in [-0.4, -0.2) is 44.6 Å². The molecule has 3 rings (SSSR count). The van der Waals surface area contributed by atoms with Crippen LogP contribution in [0.3, 0.4) is 0 Å². The fourth-order valence-electron chi connectivity index (χ4n) is 1.98. The molecule has 1 heterocycles. The van der Waals surface area contributed by atoms with E-state index < -0.39 is 6.09 Å². The highest BCUT2D eigenvalue weighted by molar-refractivity contribution is 5.85. The van der Waals surface area contributed by atoms with E-state index in [4.69, 9.17) is 9.84 Å². The lowest BCUT2D eigenvalue weighted by molar-refractivity contribution is 0.131. The van der Waals surface area contributed by atoms with Crippen molar-refractivity contribution < 1.29 is 14.6 Å². The summed E-state index contributed by atoms with van der Waals surface area (Å²) in [5, 5.41) is 23.0. The van der Waals surface area contributed by atoms with Crippen molar-refractivity contribution >= 4 is 11.8 Å². The second-order valence-corrected chi connectivity index (χ2v) is 4.74. The van der Waals surface area contributed by atoms with Gasteiger partial charge in [-0.3, -0.25) is 5.32 Å². The number of carbonyl (C=O) groups is 1. The fraction of sp³-hybridized carbons (Fsp3) is 0.385. The van der Waals surface area contributed by atoms with Gasteiger partial charge in [-0.2, -0.15) is 0 Å². The van der Waals surface area contributed by atoms with Crippen molar-refractivity contribution in [2.24, 2.45) is 0 Å². The first-order chi connectivity index (χ1) is 10.3. The Morgan fingerprint density at radius 2 is 2.33 bits per heavy atom. The molecule has 0 bridgehead atoms. The molecule has 0 atom stereocenters. The number of rotatable bonds is 5. The number of aromatic nitrogens is 4. The first-order valence-corrected chi connectivity index (χ1v) is 6.71. The zero-order valence-corrected chi connectivity index (χ0v) is 11.3. The summed E-state index contributed by atoms with van der Waals surface area (Å²) in [7, 11) is 0. The van der Waals surface area contributed by atoms with Gasteiger partial charge in [0.05, 0.1) is 12.6 Å². The maximum atomic E-state index is 11.5. The molecule has 110 valence electrons. The molecule has 1 fully saturated rings. The van der Waals surface area contributed by atoms with Crippen molar-refractivity contribution in [3.63, 3.8) is 0 Å². The Hall–Kier alpha value is -2.48. The van der Waals surface area contributed by atoms with Gasteiger partial charge in [-0.25, -0.2) is 9.48 Å². The second-order valence-electron chi connectivity index (χ2n) is 4.74. The molecule has 2 N–H and O–H groups in total. The Kier molecular flexibility index (Phi) is 3.78. The average molecular weight is 289 g/mol. The third-order valence-corrected chi connectivity index (χ3v) is 3.08. The number of tetrazole rings is 1. The van der Waals surface area contributed by atoms with Gasteiger partial charge in [0.25, 0.3) is 0 Å². The molecule has 1 aliphatic rings. The van der Waals surface area contributed by atoms with E-state index >= 15 is 0 Å². The zero-order chi connectivity index (χ0) is 14.7. The molecular formula is C13H15N5O3. The highest BCUT2D eigenvalue weighted by Gasteiger charge is 2.28. The van der Waals surface area contributed by atoms with Gasteiger partial charge in [0, 0.05) is 11.3 Å². The predicted octanol–water partition coefficient (Wildman–Crippen LogP) is 1.22. The fourth-order valence-corrected chi connectivity index (χ4v) is 1.98. The number of nitrogens with zero attached hydrogens (tertiary/aromatic N) is 4. The minimum Gasteiger partial charge on any atom is -0.447 e. The Morgan fingerprint density at radius 1 is 1.48 bits per heavy atom. The smallest absolute Gasteiger partial charge is 0.411 e. The first kappa shape index (κ1) is 13.5. The van der Waals surface area contributed by atoms with E-state index in [9.17, 15) is 4.79 Å². The highest BCUT2D eigenvalue weighted by Crippen LogP contribution is 2.36. The summed E-state index contributed by atoms with van der Waals surface area (Å²) >= 11 is 0. The van der Waals surface area contributed by atoms with E-state index in [2.05, 4.69) is 20.8 Å². The van der Waals surface area contributed by atoms with Crippen LogP contribution in [0.2, 0.25) is 0 Å². The molecule has 8 heteroatoms. The van der Waals surface area contributed by atoms with Gasteiger partial charge in [0.2, 0.25) is 0 Å². The normalized spacial score (nSPS) is 14.0. The van der Waals surface area contributed by atoms with Crippen LogP contribution in [0.4, 0.5) is 10.5 Å². The van der Waals surface area contributed by atoms with Crippen molar-refractivity contribution in [3.05, 3.63) is 24.3 Å². The van der Waals surface area contributed by atoms with E-state index in [1.807, 2.05) is 16.8 Å². The standard InChI is InChI=1S/C13H15N5O3/c19-6-7-21-13(20)14-10-3-1-2-9(8-10)12-15-16-17-18(12)11-4-5-11/h1-3,8,11,19H,4-7H2,(H,14,20). The Bertz CT molecular complexity index is 638.